The lowest BCUT2D eigenvalue weighted by Crippen LogP contribution is -1.94. The molecule has 0 fully saturated rings. The van der Waals surface area contributed by atoms with E-state index in [1.54, 1.807) is 0 Å². The molecular weight excluding hydrogens is 232 g/mol. The Bertz CT molecular complexity index is 186. The molecule has 0 aliphatic rings. The van der Waals surface area contributed by atoms with E-state index < -0.39 is 0 Å². The Kier molecular flexibility index (Phi) is 15.5. The van der Waals surface area contributed by atoms with Gasteiger partial charge in [-0.25, -0.2) is 0 Å². The summed E-state index contributed by atoms with van der Waals surface area (Å²) < 4.78 is 0. The average Bonchev–Trinajstić information content (AvgIpc) is 2.43. The van der Waals surface area contributed by atoms with Gasteiger partial charge >= 0.3 is 0 Å². The number of hydrogen-bond donors (Lipinski definition) is 0. The Hall–Kier alpha value is -0.330. The van der Waals surface area contributed by atoms with Crippen LogP contribution in [0.25, 0.3) is 0 Å². The second kappa shape index (κ2) is 15.7. The quantitative estimate of drug-likeness (QED) is 0.312. The molecule has 1 nitrogen and oxygen atoms in total. The molecule has 0 aromatic heterocycles. The molecule has 0 amide bonds. The first-order valence-electron chi connectivity index (χ1n) is 8.83. The van der Waals surface area contributed by atoms with Gasteiger partial charge in [0.25, 0.3) is 0 Å². The minimum Gasteiger partial charge on any atom is -0.300 e. The van der Waals surface area contributed by atoms with Crippen molar-refractivity contribution in [1.29, 1.82) is 0 Å². The van der Waals surface area contributed by atoms with Crippen LogP contribution in [0.2, 0.25) is 0 Å². The number of carbonyl (C=O) groups excluding carboxylic acids is 1. The van der Waals surface area contributed by atoms with E-state index in [2.05, 4.69) is 6.92 Å². The number of carbonyl (C=O) groups is 1. The Morgan fingerprint density at radius 3 is 1.32 bits per heavy atom. The van der Waals surface area contributed by atoms with Gasteiger partial charge < -0.3 is 0 Å². The first kappa shape index (κ1) is 18.7. The third-order valence-electron chi connectivity index (χ3n) is 3.95. The number of Topliss-reactive ketones (excluding diaryl/α,β-unsaturated/α-hetero) is 1. The lowest BCUT2D eigenvalue weighted by molar-refractivity contribution is -0.118. The predicted molar refractivity (Wildman–Crippen MR) is 85.6 cm³/mol. The molecule has 0 saturated heterocycles. The molecule has 0 aliphatic heterocycles. The minimum absolute atomic E-state index is 0.433. The summed E-state index contributed by atoms with van der Waals surface area (Å²) in [5.74, 6) is 0.433. The maximum absolute atomic E-state index is 11.1. The SMILES string of the molecule is CCCCCCCCCCCCCCCC(=O)CC. The summed E-state index contributed by atoms with van der Waals surface area (Å²) in [6.45, 7) is 4.24. The first-order chi connectivity index (χ1) is 9.31. The molecule has 0 unspecified atom stereocenters. The van der Waals surface area contributed by atoms with Gasteiger partial charge in [-0.05, 0) is 6.42 Å². The standard InChI is InChI=1S/C18H36O/c1-3-5-6-7-8-9-10-11-12-13-14-15-16-17-18(19)4-2/h3-17H2,1-2H3. The summed E-state index contributed by atoms with van der Waals surface area (Å²) in [4.78, 5) is 11.1. The molecule has 0 aliphatic carbocycles. The van der Waals surface area contributed by atoms with Crippen molar-refractivity contribution < 1.29 is 4.79 Å². The van der Waals surface area contributed by atoms with E-state index in [1.807, 2.05) is 6.92 Å². The number of ketones is 1. The zero-order valence-electron chi connectivity index (χ0n) is 13.5. The van der Waals surface area contributed by atoms with Crippen LogP contribution in [0, 0.1) is 0 Å². The van der Waals surface area contributed by atoms with Crippen LogP contribution in [-0.4, -0.2) is 5.78 Å². The molecule has 114 valence electrons. The Labute approximate surface area is 121 Å². The van der Waals surface area contributed by atoms with Gasteiger partial charge in [0.2, 0.25) is 0 Å². The molecule has 0 rings (SSSR count). The van der Waals surface area contributed by atoms with Crippen LogP contribution in [0.1, 0.15) is 110 Å². The van der Waals surface area contributed by atoms with Crippen molar-refractivity contribution in [3.8, 4) is 0 Å². The van der Waals surface area contributed by atoms with Crippen LogP contribution >= 0.6 is 0 Å². The van der Waals surface area contributed by atoms with Crippen LogP contribution in [0.5, 0.6) is 0 Å². The van der Waals surface area contributed by atoms with Gasteiger partial charge in [-0.15, -0.1) is 0 Å². The predicted octanol–water partition coefficient (Wildman–Crippen LogP) is 6.45. The Morgan fingerprint density at radius 2 is 0.947 bits per heavy atom. The van der Waals surface area contributed by atoms with Crippen molar-refractivity contribution >= 4 is 5.78 Å². The molecule has 0 saturated carbocycles. The maximum atomic E-state index is 11.1. The van der Waals surface area contributed by atoms with Crippen molar-refractivity contribution in [2.75, 3.05) is 0 Å². The third kappa shape index (κ3) is 15.6. The van der Waals surface area contributed by atoms with Gasteiger partial charge in [-0.1, -0.05) is 90.9 Å². The van der Waals surface area contributed by atoms with Crippen LogP contribution < -0.4 is 0 Å². The number of rotatable bonds is 15. The van der Waals surface area contributed by atoms with E-state index in [1.165, 1.54) is 77.0 Å². The molecular formula is C18H36O. The minimum atomic E-state index is 0.433. The monoisotopic (exact) mass is 268 g/mol. The van der Waals surface area contributed by atoms with Crippen LogP contribution in [0.4, 0.5) is 0 Å². The summed E-state index contributed by atoms with van der Waals surface area (Å²) in [6.07, 6.45) is 19.4. The highest BCUT2D eigenvalue weighted by atomic mass is 16.1. The van der Waals surface area contributed by atoms with Gasteiger partial charge in [-0.3, -0.25) is 4.79 Å². The molecule has 0 atom stereocenters. The molecule has 0 spiro atoms. The summed E-state index contributed by atoms with van der Waals surface area (Å²) in [5.41, 5.74) is 0. The second-order valence-electron chi connectivity index (χ2n) is 5.88. The van der Waals surface area contributed by atoms with Crippen LogP contribution in [-0.2, 0) is 4.79 Å². The largest absolute Gasteiger partial charge is 0.300 e. The fourth-order valence-corrected chi connectivity index (χ4v) is 2.52. The van der Waals surface area contributed by atoms with Crippen molar-refractivity contribution in [2.24, 2.45) is 0 Å². The fraction of sp³-hybridized carbons (Fsp3) is 0.944. The normalized spacial score (nSPS) is 10.8. The van der Waals surface area contributed by atoms with Crippen molar-refractivity contribution in [3.63, 3.8) is 0 Å². The summed E-state index contributed by atoms with van der Waals surface area (Å²) in [7, 11) is 0. The molecule has 0 aromatic rings. The van der Waals surface area contributed by atoms with E-state index >= 15 is 0 Å². The molecule has 0 bridgehead atoms. The van der Waals surface area contributed by atoms with Crippen molar-refractivity contribution in [2.45, 2.75) is 110 Å². The fourth-order valence-electron chi connectivity index (χ4n) is 2.52. The van der Waals surface area contributed by atoms with Gasteiger partial charge in [0.1, 0.15) is 5.78 Å². The lowest BCUT2D eigenvalue weighted by Gasteiger charge is -2.02. The highest BCUT2D eigenvalue weighted by molar-refractivity contribution is 5.77. The van der Waals surface area contributed by atoms with E-state index in [0.29, 0.717) is 5.78 Å². The van der Waals surface area contributed by atoms with Crippen molar-refractivity contribution in [1.82, 2.24) is 0 Å². The zero-order chi connectivity index (χ0) is 14.2. The first-order valence-corrected chi connectivity index (χ1v) is 8.83. The van der Waals surface area contributed by atoms with Gasteiger partial charge in [0.05, 0.1) is 0 Å². The van der Waals surface area contributed by atoms with Crippen LogP contribution in [0.3, 0.4) is 0 Å². The summed E-state index contributed by atoms with van der Waals surface area (Å²) >= 11 is 0. The number of unbranched alkanes of at least 4 members (excludes halogenated alkanes) is 12. The van der Waals surface area contributed by atoms with Gasteiger partial charge in [-0.2, -0.15) is 0 Å². The van der Waals surface area contributed by atoms with E-state index in [0.717, 1.165) is 19.3 Å². The maximum Gasteiger partial charge on any atom is 0.132 e. The zero-order valence-corrected chi connectivity index (χ0v) is 13.5. The summed E-state index contributed by atoms with van der Waals surface area (Å²) in [6, 6.07) is 0. The molecule has 0 radical (unpaired) electrons. The molecule has 19 heavy (non-hydrogen) atoms. The van der Waals surface area contributed by atoms with E-state index in [4.69, 9.17) is 0 Å². The Morgan fingerprint density at radius 1 is 0.579 bits per heavy atom. The third-order valence-corrected chi connectivity index (χ3v) is 3.95. The highest BCUT2D eigenvalue weighted by Crippen LogP contribution is 2.13. The smallest absolute Gasteiger partial charge is 0.132 e. The molecule has 0 aromatic carbocycles. The molecule has 0 heterocycles. The van der Waals surface area contributed by atoms with Crippen molar-refractivity contribution in [3.05, 3.63) is 0 Å². The lowest BCUT2D eigenvalue weighted by atomic mass is 10.0. The molecule has 0 N–H and O–H groups in total. The summed E-state index contributed by atoms with van der Waals surface area (Å²) in [5, 5.41) is 0. The highest BCUT2D eigenvalue weighted by Gasteiger charge is 1.97. The Balaban J connectivity index is 2.97. The topological polar surface area (TPSA) is 17.1 Å². The van der Waals surface area contributed by atoms with E-state index in [9.17, 15) is 4.79 Å². The van der Waals surface area contributed by atoms with Crippen LogP contribution in [0.15, 0.2) is 0 Å². The van der Waals surface area contributed by atoms with Gasteiger partial charge in [0, 0.05) is 12.8 Å². The second-order valence-corrected chi connectivity index (χ2v) is 5.88. The molecule has 1 heteroatoms. The van der Waals surface area contributed by atoms with E-state index in [-0.39, 0.29) is 0 Å². The average molecular weight is 268 g/mol. The van der Waals surface area contributed by atoms with Gasteiger partial charge in [0.15, 0.2) is 0 Å². The number of hydrogen-bond acceptors (Lipinski definition) is 1.